The van der Waals surface area contributed by atoms with Crippen LogP contribution in [0.25, 0.3) is 5.69 Å². The van der Waals surface area contributed by atoms with Gasteiger partial charge in [-0.15, -0.1) is 0 Å². The second-order valence-electron chi connectivity index (χ2n) is 8.38. The first kappa shape index (κ1) is 22.4. The van der Waals surface area contributed by atoms with Crippen molar-refractivity contribution in [2.45, 2.75) is 25.8 Å². The van der Waals surface area contributed by atoms with Crippen molar-refractivity contribution in [3.05, 3.63) is 107 Å². The SMILES string of the molecule is CCOc1ccc([C@@H]2c3c(C)nn(-c4ccccc4)c3NC(=O)[C@H]2NC(=O)c2ccccc2)cc1. The number of aromatic nitrogens is 2. The number of para-hydroxylation sites is 1. The summed E-state index contributed by atoms with van der Waals surface area (Å²) < 4.78 is 7.36. The fraction of sp³-hybridized carbons (Fsp3) is 0.179. The maximum Gasteiger partial charge on any atom is 0.251 e. The number of aryl methyl sites for hydroxylation is 1. The van der Waals surface area contributed by atoms with Crippen LogP contribution in [0.15, 0.2) is 84.9 Å². The number of nitrogens with one attached hydrogen (secondary N) is 2. The van der Waals surface area contributed by atoms with Crippen LogP contribution < -0.4 is 15.4 Å². The number of anilines is 1. The first-order chi connectivity index (χ1) is 17.1. The van der Waals surface area contributed by atoms with Crippen molar-refractivity contribution in [3.8, 4) is 11.4 Å². The molecule has 1 aliphatic rings. The van der Waals surface area contributed by atoms with E-state index >= 15 is 0 Å². The van der Waals surface area contributed by atoms with E-state index in [4.69, 9.17) is 9.84 Å². The van der Waals surface area contributed by atoms with E-state index in [1.165, 1.54) is 0 Å². The molecule has 1 aliphatic heterocycles. The molecule has 176 valence electrons. The lowest BCUT2D eigenvalue weighted by molar-refractivity contribution is -0.118. The molecule has 0 spiro atoms. The van der Waals surface area contributed by atoms with Crippen molar-refractivity contribution in [2.75, 3.05) is 11.9 Å². The Hall–Kier alpha value is -4.39. The summed E-state index contributed by atoms with van der Waals surface area (Å²) in [5.74, 6) is 0.330. The summed E-state index contributed by atoms with van der Waals surface area (Å²) in [6.45, 7) is 4.42. The highest BCUT2D eigenvalue weighted by atomic mass is 16.5. The molecule has 35 heavy (non-hydrogen) atoms. The van der Waals surface area contributed by atoms with Gasteiger partial charge in [0.2, 0.25) is 5.91 Å². The van der Waals surface area contributed by atoms with E-state index in [-0.39, 0.29) is 11.8 Å². The molecule has 0 radical (unpaired) electrons. The number of fused-ring (bicyclic) bond motifs is 1. The molecule has 2 atom stereocenters. The highest BCUT2D eigenvalue weighted by Crippen LogP contribution is 2.41. The lowest BCUT2D eigenvalue weighted by Crippen LogP contribution is -2.50. The van der Waals surface area contributed by atoms with Crippen LogP contribution in [-0.4, -0.2) is 34.2 Å². The van der Waals surface area contributed by atoms with E-state index in [1.54, 1.807) is 28.9 Å². The Morgan fingerprint density at radius 1 is 1.00 bits per heavy atom. The molecule has 7 nitrogen and oxygen atoms in total. The molecule has 2 amide bonds. The van der Waals surface area contributed by atoms with Gasteiger partial charge in [-0.3, -0.25) is 9.59 Å². The molecule has 0 saturated carbocycles. The van der Waals surface area contributed by atoms with Gasteiger partial charge in [0.05, 0.1) is 18.0 Å². The van der Waals surface area contributed by atoms with Gasteiger partial charge in [-0.2, -0.15) is 5.10 Å². The molecule has 0 fully saturated rings. The van der Waals surface area contributed by atoms with Crippen LogP contribution in [0.1, 0.15) is 40.0 Å². The summed E-state index contributed by atoms with van der Waals surface area (Å²) >= 11 is 0. The highest BCUT2D eigenvalue weighted by Gasteiger charge is 2.41. The number of benzene rings is 3. The van der Waals surface area contributed by atoms with Crippen molar-refractivity contribution < 1.29 is 14.3 Å². The molecule has 2 heterocycles. The molecule has 0 aliphatic carbocycles. The fourth-order valence-corrected chi connectivity index (χ4v) is 4.56. The second kappa shape index (κ2) is 9.46. The summed E-state index contributed by atoms with van der Waals surface area (Å²) in [5, 5.41) is 10.7. The molecule has 0 bridgehead atoms. The van der Waals surface area contributed by atoms with Crippen molar-refractivity contribution in [3.63, 3.8) is 0 Å². The van der Waals surface area contributed by atoms with Gasteiger partial charge in [0.15, 0.2) is 0 Å². The van der Waals surface area contributed by atoms with Gasteiger partial charge in [0.1, 0.15) is 17.6 Å². The van der Waals surface area contributed by atoms with Crippen LogP contribution in [0.5, 0.6) is 5.75 Å². The van der Waals surface area contributed by atoms with Gasteiger partial charge >= 0.3 is 0 Å². The minimum Gasteiger partial charge on any atom is -0.494 e. The quantitative estimate of drug-likeness (QED) is 0.439. The minimum atomic E-state index is -0.819. The minimum absolute atomic E-state index is 0.294. The zero-order valence-electron chi connectivity index (χ0n) is 19.6. The normalized spacial score (nSPS) is 16.8. The highest BCUT2D eigenvalue weighted by molar-refractivity contribution is 6.04. The number of hydrogen-bond donors (Lipinski definition) is 2. The predicted molar refractivity (Wildman–Crippen MR) is 134 cm³/mol. The molecule has 7 heteroatoms. The van der Waals surface area contributed by atoms with Gasteiger partial charge in [-0.25, -0.2) is 4.68 Å². The van der Waals surface area contributed by atoms with Crippen molar-refractivity contribution in [1.29, 1.82) is 0 Å². The Kier molecular flexibility index (Phi) is 6.06. The fourth-order valence-electron chi connectivity index (χ4n) is 4.56. The number of amides is 2. The van der Waals surface area contributed by atoms with E-state index in [0.717, 1.165) is 28.3 Å². The largest absolute Gasteiger partial charge is 0.494 e. The summed E-state index contributed by atoms with van der Waals surface area (Å²) in [6.07, 6.45) is 0. The average Bonchev–Trinajstić information content (AvgIpc) is 3.22. The van der Waals surface area contributed by atoms with Crippen LogP contribution in [-0.2, 0) is 4.79 Å². The predicted octanol–water partition coefficient (Wildman–Crippen LogP) is 4.46. The number of hydrogen-bond acceptors (Lipinski definition) is 4. The number of nitrogens with zero attached hydrogens (tertiary/aromatic N) is 2. The second-order valence-corrected chi connectivity index (χ2v) is 8.38. The van der Waals surface area contributed by atoms with Crippen LogP contribution >= 0.6 is 0 Å². The zero-order valence-corrected chi connectivity index (χ0v) is 19.6. The van der Waals surface area contributed by atoms with Crippen molar-refractivity contribution >= 4 is 17.6 Å². The van der Waals surface area contributed by atoms with Gasteiger partial charge in [-0.05, 0) is 55.8 Å². The molecular formula is C28H26N4O3. The summed E-state index contributed by atoms with van der Waals surface area (Å²) in [5.41, 5.74) is 3.87. The average molecular weight is 467 g/mol. The van der Waals surface area contributed by atoms with Crippen LogP contribution in [0.4, 0.5) is 5.82 Å². The third kappa shape index (κ3) is 4.28. The first-order valence-corrected chi connectivity index (χ1v) is 11.6. The molecule has 4 aromatic rings. The molecule has 5 rings (SSSR count). The van der Waals surface area contributed by atoms with E-state index in [2.05, 4.69) is 10.6 Å². The Bertz CT molecular complexity index is 1350. The van der Waals surface area contributed by atoms with Gasteiger partial charge in [-0.1, -0.05) is 48.5 Å². The Morgan fingerprint density at radius 3 is 2.31 bits per heavy atom. The Labute approximate surface area is 203 Å². The number of carbonyl (C=O) groups is 2. The number of carbonyl (C=O) groups excluding carboxylic acids is 2. The zero-order chi connectivity index (χ0) is 24.4. The third-order valence-electron chi connectivity index (χ3n) is 6.15. The van der Waals surface area contributed by atoms with Crippen molar-refractivity contribution in [1.82, 2.24) is 15.1 Å². The molecule has 0 unspecified atom stereocenters. The van der Waals surface area contributed by atoms with E-state index in [9.17, 15) is 9.59 Å². The number of rotatable bonds is 6. The van der Waals surface area contributed by atoms with Crippen LogP contribution in [0.3, 0.4) is 0 Å². The smallest absolute Gasteiger partial charge is 0.251 e. The maximum atomic E-state index is 13.5. The summed E-state index contributed by atoms with van der Waals surface area (Å²) in [6, 6.07) is 25.4. The molecular weight excluding hydrogens is 440 g/mol. The summed E-state index contributed by atoms with van der Waals surface area (Å²) in [7, 11) is 0. The van der Waals surface area contributed by atoms with E-state index < -0.39 is 12.0 Å². The van der Waals surface area contributed by atoms with E-state index in [1.807, 2.05) is 74.5 Å². The molecule has 3 aromatic carbocycles. The lowest BCUT2D eigenvalue weighted by atomic mass is 9.81. The molecule has 1 aromatic heterocycles. The monoisotopic (exact) mass is 466 g/mol. The topological polar surface area (TPSA) is 85.2 Å². The Balaban J connectivity index is 1.61. The first-order valence-electron chi connectivity index (χ1n) is 11.6. The molecule has 2 N–H and O–H groups in total. The van der Waals surface area contributed by atoms with E-state index in [0.29, 0.717) is 18.0 Å². The molecule has 0 saturated heterocycles. The Morgan fingerprint density at radius 2 is 1.66 bits per heavy atom. The number of ether oxygens (including phenoxy) is 1. The van der Waals surface area contributed by atoms with Gasteiger partial charge < -0.3 is 15.4 Å². The van der Waals surface area contributed by atoms with Gasteiger partial charge in [0, 0.05) is 17.0 Å². The van der Waals surface area contributed by atoms with Crippen LogP contribution in [0.2, 0.25) is 0 Å². The van der Waals surface area contributed by atoms with Crippen molar-refractivity contribution in [2.24, 2.45) is 0 Å². The lowest BCUT2D eigenvalue weighted by Gasteiger charge is -2.33. The summed E-state index contributed by atoms with van der Waals surface area (Å²) in [4.78, 5) is 26.5. The third-order valence-corrected chi connectivity index (χ3v) is 6.15. The maximum absolute atomic E-state index is 13.5. The standard InChI is InChI=1S/C28H26N4O3/c1-3-35-22-16-14-19(15-17-22)24-23-18(2)31-32(21-12-8-5-9-13-21)26(23)30-28(34)25(24)29-27(33)20-10-6-4-7-11-20/h4-17,24-25H,3H2,1-2H3,(H,29,33)(H,30,34)/t24-,25+/m1/s1. The van der Waals surface area contributed by atoms with Crippen LogP contribution in [0, 0.1) is 6.92 Å². The van der Waals surface area contributed by atoms with Gasteiger partial charge in [0.25, 0.3) is 5.91 Å².